The Labute approximate surface area is 156 Å². The summed E-state index contributed by atoms with van der Waals surface area (Å²) in [7, 11) is 0.125. The molecule has 0 unspecified atom stereocenters. The fraction of sp³-hybridized carbons (Fsp3) is 0.500. The van der Waals surface area contributed by atoms with Crippen molar-refractivity contribution >= 4 is 39.5 Å². The lowest BCUT2D eigenvalue weighted by Gasteiger charge is -2.22. The number of ether oxygens (including phenoxy) is 2. The van der Waals surface area contributed by atoms with Crippen molar-refractivity contribution in [1.82, 2.24) is 5.32 Å². The number of hydrogen-bond acceptors (Lipinski definition) is 8. The number of aliphatic imine (C=N–C) groups is 1. The third-order valence-electron chi connectivity index (χ3n) is 4.22. The van der Waals surface area contributed by atoms with Crippen molar-refractivity contribution in [2.24, 2.45) is 4.99 Å². The van der Waals surface area contributed by atoms with Gasteiger partial charge in [0, 0.05) is 23.4 Å². The van der Waals surface area contributed by atoms with Gasteiger partial charge in [-0.3, -0.25) is 9.79 Å². The second kappa shape index (κ2) is 7.75. The molecule has 2 aliphatic heterocycles. The highest BCUT2D eigenvalue weighted by atomic mass is 32.2. The molecule has 1 amide bonds. The fourth-order valence-electron chi connectivity index (χ4n) is 2.94. The number of rotatable bonds is 6. The van der Waals surface area contributed by atoms with Crippen molar-refractivity contribution in [2.75, 3.05) is 36.8 Å². The maximum absolute atomic E-state index is 12.1. The van der Waals surface area contributed by atoms with Crippen LogP contribution in [0.5, 0.6) is 11.5 Å². The van der Waals surface area contributed by atoms with E-state index < -0.39 is 9.84 Å². The summed E-state index contributed by atoms with van der Waals surface area (Å²) < 4.78 is 33.6. The van der Waals surface area contributed by atoms with Crippen LogP contribution in [0.1, 0.15) is 17.4 Å². The maximum Gasteiger partial charge on any atom is 0.230 e. The smallest absolute Gasteiger partial charge is 0.230 e. The Morgan fingerprint density at radius 1 is 1.35 bits per heavy atom. The molecule has 2 atom stereocenters. The van der Waals surface area contributed by atoms with Gasteiger partial charge in [-0.05, 0) is 12.5 Å². The summed E-state index contributed by atoms with van der Waals surface area (Å²) in [6, 6.07) is 3.38. The third kappa shape index (κ3) is 4.24. The predicted molar refractivity (Wildman–Crippen MR) is 102 cm³/mol. The van der Waals surface area contributed by atoms with E-state index in [1.165, 1.54) is 11.8 Å². The Morgan fingerprint density at radius 3 is 2.73 bits per heavy atom. The van der Waals surface area contributed by atoms with E-state index in [4.69, 9.17) is 9.47 Å². The summed E-state index contributed by atoms with van der Waals surface area (Å²) >= 11 is 1.37. The lowest BCUT2D eigenvalue weighted by molar-refractivity contribution is -0.119. The Hall–Kier alpha value is -1.94. The summed E-state index contributed by atoms with van der Waals surface area (Å²) in [6.07, 6.45) is 2.07. The van der Waals surface area contributed by atoms with Crippen LogP contribution in [0.4, 0.5) is 5.69 Å². The number of fused-ring (bicyclic) bond motifs is 1. The second-order valence-corrected chi connectivity index (χ2v) is 9.35. The molecule has 1 aromatic rings. The van der Waals surface area contributed by atoms with E-state index in [2.05, 4.69) is 15.6 Å². The van der Waals surface area contributed by atoms with E-state index in [-0.39, 0.29) is 34.6 Å². The van der Waals surface area contributed by atoms with E-state index in [9.17, 15) is 13.2 Å². The molecule has 0 saturated carbocycles. The number of thioether (sulfide) groups is 1. The zero-order valence-corrected chi connectivity index (χ0v) is 16.2. The highest BCUT2D eigenvalue weighted by Gasteiger charge is 2.29. The van der Waals surface area contributed by atoms with Gasteiger partial charge in [0.1, 0.15) is 5.37 Å². The number of methoxy groups -OCH3 is 2. The summed E-state index contributed by atoms with van der Waals surface area (Å²) in [4.78, 5) is 16.5. The topological polar surface area (TPSA) is 106 Å². The molecule has 142 valence electrons. The first-order valence-corrected chi connectivity index (χ1v) is 10.9. The van der Waals surface area contributed by atoms with Gasteiger partial charge in [-0.15, -0.1) is 11.8 Å². The first kappa shape index (κ1) is 18.8. The van der Waals surface area contributed by atoms with Crippen LogP contribution in [-0.2, 0) is 14.6 Å². The Bertz CT molecular complexity index is 825. The normalized spacial score (nSPS) is 23.0. The van der Waals surface area contributed by atoms with Gasteiger partial charge >= 0.3 is 0 Å². The highest BCUT2D eigenvalue weighted by Crippen LogP contribution is 2.42. The second-order valence-electron chi connectivity index (χ2n) is 6.05. The Kier molecular flexibility index (Phi) is 5.61. The van der Waals surface area contributed by atoms with Crippen LogP contribution in [-0.4, -0.2) is 58.2 Å². The third-order valence-corrected chi connectivity index (χ3v) is 7.11. The molecule has 1 fully saturated rings. The van der Waals surface area contributed by atoms with Gasteiger partial charge in [0.25, 0.3) is 0 Å². The van der Waals surface area contributed by atoms with Crippen molar-refractivity contribution in [3.05, 3.63) is 17.7 Å². The summed E-state index contributed by atoms with van der Waals surface area (Å²) in [5, 5.41) is 5.59. The molecule has 1 aromatic carbocycles. The Balaban J connectivity index is 1.63. The summed E-state index contributed by atoms with van der Waals surface area (Å²) in [6.45, 7) is 0. The van der Waals surface area contributed by atoms with Crippen LogP contribution in [0.3, 0.4) is 0 Å². The van der Waals surface area contributed by atoms with E-state index in [0.717, 1.165) is 11.3 Å². The number of sulfone groups is 1. The molecule has 8 nitrogen and oxygen atoms in total. The van der Waals surface area contributed by atoms with Gasteiger partial charge in [-0.2, -0.15) is 0 Å². The van der Waals surface area contributed by atoms with Gasteiger partial charge in [0.05, 0.1) is 37.8 Å². The molecule has 0 aromatic heterocycles. The lowest BCUT2D eigenvalue weighted by atomic mass is 10.1. The molecular weight excluding hydrogens is 378 g/mol. The standard InChI is InChI=1S/C16H21N3O5S2/c1-23-13-5-11-12(6-14(13)24-2)17-9-18-16(11)25-7-15(20)19-10-3-4-26(21,22)8-10/h5-6,9-10,16H,3-4,7-8H2,1-2H3,(H,17,18)(H,19,20)/t10-,16-/m1/s1. The number of anilines is 1. The first-order chi connectivity index (χ1) is 12.4. The monoisotopic (exact) mass is 399 g/mol. The summed E-state index contributed by atoms with van der Waals surface area (Å²) in [5.41, 5.74) is 1.74. The van der Waals surface area contributed by atoms with E-state index in [1.807, 2.05) is 12.1 Å². The molecule has 2 heterocycles. The van der Waals surface area contributed by atoms with Gasteiger partial charge in [-0.25, -0.2) is 8.42 Å². The first-order valence-electron chi connectivity index (χ1n) is 8.07. The van der Waals surface area contributed by atoms with Crippen molar-refractivity contribution in [2.45, 2.75) is 17.8 Å². The number of amides is 1. The van der Waals surface area contributed by atoms with E-state index in [0.29, 0.717) is 17.9 Å². The van der Waals surface area contributed by atoms with E-state index >= 15 is 0 Å². The van der Waals surface area contributed by atoms with E-state index in [1.54, 1.807) is 20.6 Å². The minimum absolute atomic E-state index is 0.0226. The molecule has 2 N–H and O–H groups in total. The van der Waals surface area contributed by atoms with Crippen LogP contribution in [0.25, 0.3) is 0 Å². The van der Waals surface area contributed by atoms with Crippen molar-refractivity contribution in [1.29, 1.82) is 0 Å². The number of nitrogens with one attached hydrogen (secondary N) is 2. The van der Waals surface area contributed by atoms with Gasteiger partial charge in [0.15, 0.2) is 21.3 Å². The average Bonchev–Trinajstić information content (AvgIpc) is 2.96. The van der Waals surface area contributed by atoms with Crippen molar-refractivity contribution in [3.63, 3.8) is 0 Å². The summed E-state index contributed by atoms with van der Waals surface area (Å²) in [5.74, 6) is 1.36. The van der Waals surface area contributed by atoms with Crippen LogP contribution < -0.4 is 20.1 Å². The minimum atomic E-state index is -3.01. The van der Waals surface area contributed by atoms with Crippen molar-refractivity contribution < 1.29 is 22.7 Å². The van der Waals surface area contributed by atoms with Gasteiger partial charge < -0.3 is 20.1 Å². The molecule has 2 aliphatic rings. The highest BCUT2D eigenvalue weighted by molar-refractivity contribution is 8.00. The Morgan fingerprint density at radius 2 is 2.08 bits per heavy atom. The number of carbonyl (C=O) groups excluding carboxylic acids is 1. The number of benzene rings is 1. The van der Waals surface area contributed by atoms with Gasteiger partial charge in [-0.1, -0.05) is 0 Å². The fourth-order valence-corrected chi connectivity index (χ4v) is 5.53. The quantitative estimate of drug-likeness (QED) is 0.740. The van der Waals surface area contributed by atoms with Crippen LogP contribution in [0.15, 0.2) is 17.1 Å². The maximum atomic E-state index is 12.1. The number of carbonyl (C=O) groups is 1. The molecular formula is C16H21N3O5S2. The predicted octanol–water partition coefficient (Wildman–Crippen LogP) is 1.19. The molecule has 0 bridgehead atoms. The minimum Gasteiger partial charge on any atom is -0.493 e. The van der Waals surface area contributed by atoms with Crippen LogP contribution in [0.2, 0.25) is 0 Å². The van der Waals surface area contributed by atoms with Crippen LogP contribution >= 0.6 is 11.8 Å². The molecule has 3 rings (SSSR count). The largest absolute Gasteiger partial charge is 0.493 e. The molecule has 0 radical (unpaired) electrons. The zero-order chi connectivity index (χ0) is 18.7. The molecule has 26 heavy (non-hydrogen) atoms. The SMILES string of the molecule is COc1cc2c(cc1OC)[C@@H](SCC(=O)N[C@@H]1CCS(=O)(=O)C1)N=CN2. The molecule has 0 spiro atoms. The number of hydrogen-bond donors (Lipinski definition) is 2. The average molecular weight is 399 g/mol. The van der Waals surface area contributed by atoms with Gasteiger partial charge in [0.2, 0.25) is 5.91 Å². The number of nitrogens with zero attached hydrogens (tertiary/aromatic N) is 1. The lowest BCUT2D eigenvalue weighted by Crippen LogP contribution is -2.36. The van der Waals surface area contributed by atoms with Crippen LogP contribution in [0, 0.1) is 0 Å². The molecule has 10 heteroatoms. The van der Waals surface area contributed by atoms with Crippen molar-refractivity contribution in [3.8, 4) is 11.5 Å². The molecule has 0 aliphatic carbocycles. The zero-order valence-electron chi connectivity index (χ0n) is 14.5. The molecule has 1 saturated heterocycles.